The molecule has 2 aromatic carbocycles. The van der Waals surface area contributed by atoms with Crippen molar-refractivity contribution < 1.29 is 17.5 Å². The van der Waals surface area contributed by atoms with Crippen molar-refractivity contribution in [2.75, 3.05) is 13.8 Å². The lowest BCUT2D eigenvalue weighted by Crippen LogP contribution is -2.42. The number of methoxy groups -OCH3 is 1. The third-order valence-corrected chi connectivity index (χ3v) is 6.85. The Morgan fingerprint density at radius 1 is 1.17 bits per heavy atom. The lowest BCUT2D eigenvalue weighted by molar-refractivity contribution is 0.401. The molecule has 0 saturated carbocycles. The summed E-state index contributed by atoms with van der Waals surface area (Å²) in [5.74, 6) is 0.385. The summed E-state index contributed by atoms with van der Waals surface area (Å²) in [6, 6.07) is 13.6. The molecule has 2 aromatic heterocycles. The number of halogens is 1. The summed E-state index contributed by atoms with van der Waals surface area (Å²) in [4.78, 5) is 4.33. The molecule has 0 spiro atoms. The van der Waals surface area contributed by atoms with Gasteiger partial charge in [-0.15, -0.1) is 5.10 Å². The number of primary sulfonamides is 1. The van der Waals surface area contributed by atoms with Crippen LogP contribution in [0.3, 0.4) is 0 Å². The van der Waals surface area contributed by atoms with Crippen LogP contribution in [0.15, 0.2) is 54.7 Å². The number of nitrogens with two attached hydrogens (primary N) is 1. The fraction of sp³-hybridized carbons (Fsp3) is 0.200. The SMILES string of the molecule is COc1n[nH]c2ncc3cc(C(CCF)(c4ccccc4)S(N)(=O)=O)ccc3c12. The summed E-state index contributed by atoms with van der Waals surface area (Å²) in [7, 11) is -2.71. The molecule has 7 nitrogen and oxygen atoms in total. The first-order valence-electron chi connectivity index (χ1n) is 8.87. The average molecular weight is 414 g/mol. The van der Waals surface area contributed by atoms with Crippen molar-refractivity contribution in [1.29, 1.82) is 0 Å². The minimum absolute atomic E-state index is 0.300. The molecule has 0 radical (unpaired) electrons. The van der Waals surface area contributed by atoms with Crippen molar-refractivity contribution in [3.8, 4) is 5.88 Å². The van der Waals surface area contributed by atoms with Crippen LogP contribution in [0.25, 0.3) is 21.8 Å². The van der Waals surface area contributed by atoms with Gasteiger partial charge in [-0.25, -0.2) is 18.5 Å². The molecule has 0 bridgehead atoms. The van der Waals surface area contributed by atoms with Crippen LogP contribution in [0.1, 0.15) is 17.5 Å². The van der Waals surface area contributed by atoms with Crippen LogP contribution in [-0.2, 0) is 14.8 Å². The lowest BCUT2D eigenvalue weighted by Gasteiger charge is -2.32. The molecule has 0 aliphatic rings. The normalized spacial score (nSPS) is 14.2. The number of aromatic nitrogens is 3. The van der Waals surface area contributed by atoms with Crippen LogP contribution in [0.4, 0.5) is 4.39 Å². The number of aromatic amines is 1. The van der Waals surface area contributed by atoms with E-state index in [0.29, 0.717) is 33.4 Å². The molecule has 2 heterocycles. The van der Waals surface area contributed by atoms with E-state index in [1.807, 2.05) is 0 Å². The largest absolute Gasteiger partial charge is 0.479 e. The van der Waals surface area contributed by atoms with Gasteiger partial charge in [-0.3, -0.25) is 9.49 Å². The van der Waals surface area contributed by atoms with Crippen molar-refractivity contribution in [3.63, 3.8) is 0 Å². The van der Waals surface area contributed by atoms with Crippen molar-refractivity contribution in [2.45, 2.75) is 11.2 Å². The summed E-state index contributed by atoms with van der Waals surface area (Å²) in [6.07, 6.45) is 1.30. The van der Waals surface area contributed by atoms with E-state index in [0.717, 1.165) is 5.39 Å². The highest BCUT2D eigenvalue weighted by atomic mass is 32.2. The Labute approximate surface area is 166 Å². The minimum Gasteiger partial charge on any atom is -0.479 e. The van der Waals surface area contributed by atoms with E-state index in [4.69, 9.17) is 9.88 Å². The maximum Gasteiger partial charge on any atom is 0.242 e. The molecule has 0 aliphatic heterocycles. The zero-order valence-corrected chi connectivity index (χ0v) is 16.4. The van der Waals surface area contributed by atoms with Crippen LogP contribution < -0.4 is 9.88 Å². The Hall–Kier alpha value is -3.04. The van der Waals surface area contributed by atoms with E-state index in [2.05, 4.69) is 15.2 Å². The number of pyridine rings is 1. The average Bonchev–Trinajstić information content (AvgIpc) is 3.15. The first-order chi connectivity index (χ1) is 13.9. The summed E-state index contributed by atoms with van der Waals surface area (Å²) in [6.45, 7) is -0.851. The highest BCUT2D eigenvalue weighted by molar-refractivity contribution is 7.90. The van der Waals surface area contributed by atoms with E-state index >= 15 is 0 Å². The number of ether oxygens (including phenoxy) is 1. The summed E-state index contributed by atoms with van der Waals surface area (Å²) < 4.78 is 42.8. The second-order valence-electron chi connectivity index (χ2n) is 6.69. The lowest BCUT2D eigenvalue weighted by atomic mass is 9.86. The number of sulfonamides is 1. The predicted molar refractivity (Wildman–Crippen MR) is 109 cm³/mol. The highest BCUT2D eigenvalue weighted by Gasteiger charge is 2.45. The molecule has 150 valence electrons. The number of nitrogens with zero attached hydrogens (tertiary/aromatic N) is 2. The van der Waals surface area contributed by atoms with E-state index < -0.39 is 21.4 Å². The monoisotopic (exact) mass is 414 g/mol. The molecule has 0 aliphatic carbocycles. The van der Waals surface area contributed by atoms with Crippen LogP contribution in [0.2, 0.25) is 0 Å². The molecule has 9 heteroatoms. The Balaban J connectivity index is 2.04. The first-order valence-corrected chi connectivity index (χ1v) is 10.4. The van der Waals surface area contributed by atoms with E-state index in [9.17, 15) is 12.8 Å². The highest BCUT2D eigenvalue weighted by Crippen LogP contribution is 2.41. The van der Waals surface area contributed by atoms with Crippen molar-refractivity contribution in [1.82, 2.24) is 15.2 Å². The summed E-state index contributed by atoms with van der Waals surface area (Å²) >= 11 is 0. The Morgan fingerprint density at radius 3 is 2.59 bits per heavy atom. The standard InChI is InChI=1S/C20H19FN4O3S/c1-28-19-17-16-8-7-15(11-13(16)12-23-18(17)24-25-19)20(9-10-21,29(22,26)27)14-5-3-2-4-6-14/h2-8,11-12H,9-10H2,1H3,(H2,22,26,27)(H,23,24,25). The van der Waals surface area contributed by atoms with Crippen LogP contribution in [-0.4, -0.2) is 37.4 Å². The fourth-order valence-electron chi connectivity index (χ4n) is 3.85. The maximum atomic E-state index is 13.6. The van der Waals surface area contributed by atoms with Gasteiger partial charge in [0.1, 0.15) is 4.75 Å². The van der Waals surface area contributed by atoms with Gasteiger partial charge in [-0.2, -0.15) is 0 Å². The van der Waals surface area contributed by atoms with Crippen LogP contribution in [0.5, 0.6) is 5.88 Å². The number of benzene rings is 2. The Bertz CT molecular complexity index is 1290. The minimum atomic E-state index is -4.21. The van der Waals surface area contributed by atoms with Crippen molar-refractivity contribution in [2.24, 2.45) is 5.14 Å². The maximum absolute atomic E-state index is 13.6. The molecule has 4 aromatic rings. The van der Waals surface area contributed by atoms with Crippen molar-refractivity contribution >= 4 is 31.8 Å². The summed E-state index contributed by atoms with van der Waals surface area (Å²) in [5.41, 5.74) is 1.33. The molecule has 29 heavy (non-hydrogen) atoms. The van der Waals surface area contributed by atoms with E-state index in [1.54, 1.807) is 54.7 Å². The topological polar surface area (TPSA) is 111 Å². The molecule has 1 atom stereocenters. The third kappa shape index (κ3) is 2.93. The van der Waals surface area contributed by atoms with Gasteiger partial charge in [0.2, 0.25) is 15.9 Å². The second kappa shape index (κ2) is 7.09. The zero-order chi connectivity index (χ0) is 20.6. The number of nitrogens with one attached hydrogen (secondary N) is 1. The van der Waals surface area contributed by atoms with Gasteiger partial charge in [-0.1, -0.05) is 42.5 Å². The molecule has 1 unspecified atom stereocenters. The van der Waals surface area contributed by atoms with Gasteiger partial charge in [0.05, 0.1) is 19.2 Å². The quantitative estimate of drug-likeness (QED) is 0.504. The molecule has 3 N–H and O–H groups in total. The fourth-order valence-corrected chi connectivity index (χ4v) is 5.13. The first kappa shape index (κ1) is 19.3. The van der Waals surface area contributed by atoms with E-state index in [-0.39, 0.29) is 6.42 Å². The Morgan fingerprint density at radius 2 is 1.93 bits per heavy atom. The number of hydrogen-bond acceptors (Lipinski definition) is 5. The van der Waals surface area contributed by atoms with Gasteiger partial charge in [0.15, 0.2) is 5.65 Å². The number of rotatable bonds is 6. The molecule has 0 amide bonds. The number of H-pyrrole nitrogens is 1. The third-order valence-electron chi connectivity index (χ3n) is 5.20. The van der Waals surface area contributed by atoms with E-state index in [1.165, 1.54) is 7.11 Å². The number of hydrogen-bond donors (Lipinski definition) is 2. The van der Waals surface area contributed by atoms with Crippen LogP contribution >= 0.6 is 0 Å². The molecular weight excluding hydrogens is 395 g/mol. The Kier molecular flexibility index (Phi) is 4.71. The molecule has 0 saturated heterocycles. The second-order valence-corrected chi connectivity index (χ2v) is 8.48. The summed E-state index contributed by atoms with van der Waals surface area (Å²) in [5, 5.41) is 14.7. The molecule has 0 fully saturated rings. The predicted octanol–water partition coefficient (Wildman–Crippen LogP) is 3.01. The van der Waals surface area contributed by atoms with Crippen LogP contribution in [0, 0.1) is 0 Å². The molecular formula is C20H19FN4O3S. The van der Waals surface area contributed by atoms with Gasteiger partial charge in [-0.05, 0) is 22.6 Å². The van der Waals surface area contributed by atoms with Gasteiger partial charge in [0, 0.05) is 18.0 Å². The molecule has 4 rings (SSSR count). The van der Waals surface area contributed by atoms with Gasteiger partial charge >= 0.3 is 0 Å². The smallest absolute Gasteiger partial charge is 0.242 e. The van der Waals surface area contributed by atoms with Gasteiger partial charge in [0.25, 0.3) is 0 Å². The number of alkyl halides is 1. The number of fused-ring (bicyclic) bond motifs is 3. The van der Waals surface area contributed by atoms with Crippen molar-refractivity contribution in [3.05, 3.63) is 65.9 Å². The van der Waals surface area contributed by atoms with Gasteiger partial charge < -0.3 is 4.74 Å². The zero-order valence-electron chi connectivity index (χ0n) is 15.6.